The first kappa shape index (κ1) is 25.6. The van der Waals surface area contributed by atoms with E-state index in [1.807, 2.05) is 6.92 Å². The van der Waals surface area contributed by atoms with E-state index >= 15 is 0 Å². The smallest absolute Gasteiger partial charge is 0.310 e. The second-order valence-electron chi connectivity index (χ2n) is 8.47. The number of ether oxygens (including phenoxy) is 2. The number of pyridine rings is 1. The molecular formula is C29H28N2O6. The minimum absolute atomic E-state index is 0.0283. The Morgan fingerprint density at radius 3 is 2.43 bits per heavy atom. The lowest BCUT2D eigenvalue weighted by atomic mass is 9.95. The maximum Gasteiger partial charge on any atom is 0.310 e. The first-order valence-corrected chi connectivity index (χ1v) is 12.1. The second kappa shape index (κ2) is 11.5. The lowest BCUT2D eigenvalue weighted by Crippen LogP contribution is -2.29. The fraction of sp³-hybridized carbons (Fsp3) is 0.241. The highest BCUT2D eigenvalue weighted by atomic mass is 16.5. The van der Waals surface area contributed by atoms with Crippen molar-refractivity contribution in [3.63, 3.8) is 0 Å². The van der Waals surface area contributed by atoms with Crippen molar-refractivity contribution < 1.29 is 29.0 Å². The molecule has 8 nitrogen and oxygen atoms in total. The predicted molar refractivity (Wildman–Crippen MR) is 138 cm³/mol. The summed E-state index contributed by atoms with van der Waals surface area (Å²) in [6.07, 6.45) is 4.05. The Labute approximate surface area is 215 Å². The molecule has 0 radical (unpaired) electrons. The summed E-state index contributed by atoms with van der Waals surface area (Å²) < 4.78 is 10.7. The summed E-state index contributed by atoms with van der Waals surface area (Å²) in [7, 11) is 0. The molecule has 0 bridgehead atoms. The first-order chi connectivity index (χ1) is 17.9. The van der Waals surface area contributed by atoms with Crippen LogP contribution in [0.3, 0.4) is 0 Å². The first-order valence-electron chi connectivity index (χ1n) is 12.1. The Morgan fingerprint density at radius 1 is 1.03 bits per heavy atom. The molecule has 190 valence electrons. The van der Waals surface area contributed by atoms with E-state index in [0.29, 0.717) is 41.3 Å². The third kappa shape index (κ3) is 5.53. The van der Waals surface area contributed by atoms with E-state index in [0.717, 1.165) is 6.42 Å². The Hall–Kier alpha value is -4.46. The molecule has 1 fully saturated rings. The van der Waals surface area contributed by atoms with Gasteiger partial charge in [0, 0.05) is 23.6 Å². The molecule has 1 aromatic heterocycles. The number of aliphatic hydroxyl groups is 1. The van der Waals surface area contributed by atoms with E-state index in [1.165, 1.54) is 4.90 Å². The van der Waals surface area contributed by atoms with Crippen molar-refractivity contribution in [1.29, 1.82) is 0 Å². The van der Waals surface area contributed by atoms with Crippen LogP contribution in [-0.2, 0) is 25.5 Å². The number of carbonyl (C=O) groups excluding carboxylic acids is 3. The topological polar surface area (TPSA) is 106 Å². The summed E-state index contributed by atoms with van der Waals surface area (Å²) in [6.45, 7) is 4.54. The van der Waals surface area contributed by atoms with Crippen molar-refractivity contribution in [3.8, 4) is 5.75 Å². The van der Waals surface area contributed by atoms with Gasteiger partial charge in [-0.15, -0.1) is 0 Å². The minimum Gasteiger partial charge on any atom is -0.507 e. The number of ketones is 1. The van der Waals surface area contributed by atoms with E-state index in [4.69, 9.17) is 9.47 Å². The van der Waals surface area contributed by atoms with Gasteiger partial charge in [0.2, 0.25) is 0 Å². The largest absolute Gasteiger partial charge is 0.507 e. The van der Waals surface area contributed by atoms with Gasteiger partial charge in [-0.1, -0.05) is 31.2 Å². The van der Waals surface area contributed by atoms with Crippen molar-refractivity contribution in [2.45, 2.75) is 32.7 Å². The Morgan fingerprint density at radius 2 is 1.76 bits per heavy atom. The molecule has 0 saturated carbocycles. The number of nitrogens with zero attached hydrogens (tertiary/aromatic N) is 2. The van der Waals surface area contributed by atoms with Gasteiger partial charge in [-0.3, -0.25) is 24.3 Å². The molecule has 2 aromatic carbocycles. The van der Waals surface area contributed by atoms with Gasteiger partial charge in [-0.05, 0) is 60.9 Å². The number of amides is 1. The van der Waals surface area contributed by atoms with Crippen LogP contribution in [0.25, 0.3) is 5.76 Å². The molecule has 0 spiro atoms. The number of rotatable bonds is 9. The summed E-state index contributed by atoms with van der Waals surface area (Å²) in [5, 5.41) is 11.3. The fourth-order valence-electron chi connectivity index (χ4n) is 4.22. The SMILES string of the molecule is CCCOc1cccc(/C(O)=C2/C(=O)C(=O)N(c3ccc(CC(=O)OCC)cc3)C2c2ccncc2)c1. The lowest BCUT2D eigenvalue weighted by Gasteiger charge is -2.25. The zero-order valence-electron chi connectivity index (χ0n) is 20.7. The number of benzene rings is 2. The molecule has 1 aliphatic heterocycles. The number of esters is 1. The number of aromatic nitrogens is 1. The molecule has 8 heteroatoms. The van der Waals surface area contributed by atoms with Crippen LogP contribution < -0.4 is 9.64 Å². The highest BCUT2D eigenvalue weighted by molar-refractivity contribution is 6.51. The fourth-order valence-corrected chi connectivity index (χ4v) is 4.22. The molecule has 0 aliphatic carbocycles. The van der Waals surface area contributed by atoms with Crippen LogP contribution in [-0.4, -0.2) is 41.0 Å². The summed E-state index contributed by atoms with van der Waals surface area (Å²) in [4.78, 5) is 43.9. The maximum atomic E-state index is 13.3. The van der Waals surface area contributed by atoms with Gasteiger partial charge in [0.25, 0.3) is 11.7 Å². The zero-order chi connectivity index (χ0) is 26.4. The summed E-state index contributed by atoms with van der Waals surface area (Å²) >= 11 is 0. The average Bonchev–Trinajstić information content (AvgIpc) is 3.18. The molecule has 1 saturated heterocycles. The molecule has 1 aliphatic rings. The molecule has 4 rings (SSSR count). The molecule has 1 unspecified atom stereocenters. The van der Waals surface area contributed by atoms with Gasteiger partial charge in [-0.2, -0.15) is 0 Å². The number of Topliss-reactive ketones (excluding diaryl/α,β-unsaturated/α-hetero) is 1. The zero-order valence-corrected chi connectivity index (χ0v) is 20.7. The molecular weight excluding hydrogens is 472 g/mol. The molecule has 3 aromatic rings. The van der Waals surface area contributed by atoms with Gasteiger partial charge in [-0.25, -0.2) is 0 Å². The highest BCUT2D eigenvalue weighted by Crippen LogP contribution is 2.42. The van der Waals surface area contributed by atoms with Gasteiger partial charge >= 0.3 is 5.97 Å². The van der Waals surface area contributed by atoms with E-state index in [-0.39, 0.29) is 23.7 Å². The van der Waals surface area contributed by atoms with E-state index < -0.39 is 17.7 Å². The highest BCUT2D eigenvalue weighted by Gasteiger charge is 2.47. The molecule has 1 atom stereocenters. The molecule has 37 heavy (non-hydrogen) atoms. The van der Waals surface area contributed by atoms with Crippen molar-refractivity contribution in [2.75, 3.05) is 18.1 Å². The number of hydrogen-bond donors (Lipinski definition) is 1. The Bertz CT molecular complexity index is 1320. The van der Waals surface area contributed by atoms with Crippen LogP contribution in [0.1, 0.15) is 43.0 Å². The van der Waals surface area contributed by atoms with Crippen molar-refractivity contribution in [2.24, 2.45) is 0 Å². The maximum absolute atomic E-state index is 13.3. The van der Waals surface area contributed by atoms with Crippen molar-refractivity contribution in [1.82, 2.24) is 4.98 Å². The Balaban J connectivity index is 1.77. The monoisotopic (exact) mass is 500 g/mol. The quantitative estimate of drug-likeness (QED) is 0.198. The van der Waals surface area contributed by atoms with Gasteiger partial charge < -0.3 is 14.6 Å². The van der Waals surface area contributed by atoms with E-state index in [1.54, 1.807) is 80.0 Å². The normalized spacial score (nSPS) is 16.6. The molecule has 1 N–H and O–H groups in total. The van der Waals surface area contributed by atoms with Gasteiger partial charge in [0.15, 0.2) is 0 Å². The predicted octanol–water partition coefficient (Wildman–Crippen LogP) is 4.60. The third-order valence-electron chi connectivity index (χ3n) is 5.91. The molecule has 1 amide bonds. The van der Waals surface area contributed by atoms with Crippen molar-refractivity contribution >= 4 is 29.1 Å². The van der Waals surface area contributed by atoms with E-state index in [9.17, 15) is 19.5 Å². The lowest BCUT2D eigenvalue weighted by molar-refractivity contribution is -0.142. The number of anilines is 1. The van der Waals surface area contributed by atoms with Crippen LogP contribution in [0.15, 0.2) is 78.6 Å². The number of carbonyl (C=O) groups is 3. The number of hydrogen-bond acceptors (Lipinski definition) is 7. The minimum atomic E-state index is -0.876. The van der Waals surface area contributed by atoms with Crippen LogP contribution >= 0.6 is 0 Å². The van der Waals surface area contributed by atoms with Crippen LogP contribution in [0.5, 0.6) is 5.75 Å². The third-order valence-corrected chi connectivity index (χ3v) is 5.91. The second-order valence-corrected chi connectivity index (χ2v) is 8.47. The van der Waals surface area contributed by atoms with Crippen LogP contribution in [0, 0.1) is 0 Å². The van der Waals surface area contributed by atoms with E-state index in [2.05, 4.69) is 4.98 Å². The number of aliphatic hydroxyl groups excluding tert-OH is 1. The summed E-state index contributed by atoms with van der Waals surface area (Å²) in [6, 6.07) is 16.1. The summed E-state index contributed by atoms with van der Waals surface area (Å²) in [5.41, 5.74) is 2.12. The van der Waals surface area contributed by atoms with Crippen LogP contribution in [0.2, 0.25) is 0 Å². The van der Waals surface area contributed by atoms with Gasteiger partial charge in [0.1, 0.15) is 11.5 Å². The van der Waals surface area contributed by atoms with Crippen LogP contribution in [0.4, 0.5) is 5.69 Å². The van der Waals surface area contributed by atoms with Crippen molar-refractivity contribution in [3.05, 3.63) is 95.3 Å². The standard InChI is InChI=1S/C29H28N2O6/c1-3-16-37-23-7-5-6-21(18-23)27(33)25-26(20-12-14-30-15-13-20)31(29(35)28(25)34)22-10-8-19(9-11-22)17-24(32)36-4-2/h5-15,18,26,33H,3-4,16-17H2,1-2H3/b27-25-. The summed E-state index contributed by atoms with van der Waals surface area (Å²) in [5.74, 6) is -1.64. The average molecular weight is 501 g/mol. The van der Waals surface area contributed by atoms with Gasteiger partial charge in [0.05, 0.1) is 31.2 Å². The molecule has 2 heterocycles. The Kier molecular flexibility index (Phi) is 7.98.